The molecule has 0 bridgehead atoms. The number of hydrogen-bond donors (Lipinski definition) is 2. The third-order valence-electron chi connectivity index (χ3n) is 2.68. The first-order valence-electron chi connectivity index (χ1n) is 6.01. The van der Waals surface area contributed by atoms with E-state index in [4.69, 9.17) is 0 Å². The second-order valence-corrected chi connectivity index (χ2v) is 5.25. The second-order valence-electron chi connectivity index (χ2n) is 4.30. The van der Waals surface area contributed by atoms with Crippen LogP contribution in [0.15, 0.2) is 23.8 Å². The molecule has 2 N–H and O–H groups in total. The van der Waals surface area contributed by atoms with E-state index in [0.29, 0.717) is 10.7 Å². The van der Waals surface area contributed by atoms with Crippen LogP contribution in [0.5, 0.6) is 0 Å². The van der Waals surface area contributed by atoms with Gasteiger partial charge in [-0.05, 0) is 18.4 Å². The van der Waals surface area contributed by atoms with E-state index < -0.39 is 0 Å². The molecule has 8 heteroatoms. The van der Waals surface area contributed by atoms with E-state index in [1.54, 1.807) is 26.1 Å². The van der Waals surface area contributed by atoms with Gasteiger partial charge in [0.25, 0.3) is 5.91 Å². The van der Waals surface area contributed by atoms with Crippen LogP contribution in [0.25, 0.3) is 0 Å². The van der Waals surface area contributed by atoms with Gasteiger partial charge in [-0.25, -0.2) is 4.98 Å². The number of H-pyrrole nitrogens is 1. The van der Waals surface area contributed by atoms with Crippen molar-refractivity contribution < 1.29 is 9.59 Å². The first-order chi connectivity index (χ1) is 9.58. The number of carbonyl (C=O) groups is 2. The van der Waals surface area contributed by atoms with Gasteiger partial charge < -0.3 is 10.2 Å². The summed E-state index contributed by atoms with van der Waals surface area (Å²) in [5.41, 5.74) is 0. The predicted octanol–water partition coefficient (Wildman–Crippen LogP) is 0.816. The van der Waals surface area contributed by atoms with E-state index in [-0.39, 0.29) is 24.4 Å². The summed E-state index contributed by atoms with van der Waals surface area (Å²) >= 11 is 1.35. The molecule has 0 saturated carbocycles. The first kappa shape index (κ1) is 14.2. The molecule has 2 aromatic rings. The lowest BCUT2D eigenvalue weighted by Gasteiger charge is -2.17. The van der Waals surface area contributed by atoms with Gasteiger partial charge in [-0.15, -0.1) is 11.3 Å². The van der Waals surface area contributed by atoms with E-state index >= 15 is 0 Å². The van der Waals surface area contributed by atoms with Crippen LogP contribution in [0.2, 0.25) is 0 Å². The van der Waals surface area contributed by atoms with Crippen molar-refractivity contribution in [2.75, 3.05) is 13.6 Å². The third-order valence-corrected chi connectivity index (χ3v) is 3.54. The Morgan fingerprint density at radius 2 is 2.35 bits per heavy atom. The number of nitrogens with one attached hydrogen (secondary N) is 2. The molecule has 0 fully saturated rings. The Morgan fingerprint density at radius 3 is 2.95 bits per heavy atom. The van der Waals surface area contributed by atoms with Crippen LogP contribution in [0.3, 0.4) is 0 Å². The van der Waals surface area contributed by atoms with Crippen molar-refractivity contribution in [2.45, 2.75) is 13.0 Å². The smallest absolute Gasteiger partial charge is 0.264 e. The van der Waals surface area contributed by atoms with E-state index in [9.17, 15) is 9.59 Å². The molecule has 7 nitrogen and oxygen atoms in total. The summed E-state index contributed by atoms with van der Waals surface area (Å²) in [4.78, 5) is 29.8. The van der Waals surface area contributed by atoms with Gasteiger partial charge in [-0.1, -0.05) is 6.07 Å². The molecule has 1 atom stereocenters. The SMILES string of the molecule is CC(NC(=O)CN(C)C(=O)c1cccs1)c1ncn[nH]1. The Balaban J connectivity index is 1.86. The van der Waals surface area contributed by atoms with Gasteiger partial charge in [-0.3, -0.25) is 14.7 Å². The first-order valence-corrected chi connectivity index (χ1v) is 6.89. The van der Waals surface area contributed by atoms with Crippen LogP contribution in [-0.2, 0) is 4.79 Å². The van der Waals surface area contributed by atoms with Crippen molar-refractivity contribution in [2.24, 2.45) is 0 Å². The van der Waals surface area contributed by atoms with Gasteiger partial charge in [0.2, 0.25) is 5.91 Å². The Morgan fingerprint density at radius 1 is 1.55 bits per heavy atom. The molecular weight excluding hydrogens is 278 g/mol. The number of aromatic nitrogens is 3. The Labute approximate surface area is 120 Å². The minimum atomic E-state index is -0.282. The fraction of sp³-hybridized carbons (Fsp3) is 0.333. The quantitative estimate of drug-likeness (QED) is 0.853. The number of likely N-dealkylation sites (N-methyl/N-ethyl adjacent to an activating group) is 1. The largest absolute Gasteiger partial charge is 0.345 e. The average Bonchev–Trinajstić information content (AvgIpc) is 3.10. The number of thiophene rings is 1. The van der Waals surface area contributed by atoms with Crippen LogP contribution in [0.1, 0.15) is 28.5 Å². The number of aromatic amines is 1. The maximum Gasteiger partial charge on any atom is 0.264 e. The van der Waals surface area contributed by atoms with Crippen LogP contribution >= 0.6 is 11.3 Å². The topological polar surface area (TPSA) is 91.0 Å². The Kier molecular flexibility index (Phi) is 4.46. The molecule has 20 heavy (non-hydrogen) atoms. The van der Waals surface area contributed by atoms with Crippen molar-refractivity contribution in [1.29, 1.82) is 0 Å². The number of nitrogens with zero attached hydrogens (tertiary/aromatic N) is 3. The van der Waals surface area contributed by atoms with E-state index in [1.807, 2.05) is 5.38 Å². The molecule has 2 heterocycles. The van der Waals surface area contributed by atoms with Gasteiger partial charge >= 0.3 is 0 Å². The van der Waals surface area contributed by atoms with Crippen molar-refractivity contribution in [3.8, 4) is 0 Å². The number of hydrogen-bond acceptors (Lipinski definition) is 5. The average molecular weight is 293 g/mol. The number of rotatable bonds is 5. The summed E-state index contributed by atoms with van der Waals surface area (Å²) in [6.07, 6.45) is 1.38. The highest BCUT2D eigenvalue weighted by Crippen LogP contribution is 2.11. The maximum absolute atomic E-state index is 12.0. The Hall–Kier alpha value is -2.22. The highest BCUT2D eigenvalue weighted by molar-refractivity contribution is 7.12. The fourth-order valence-electron chi connectivity index (χ4n) is 1.65. The monoisotopic (exact) mass is 293 g/mol. The summed E-state index contributed by atoms with van der Waals surface area (Å²) in [5, 5.41) is 11.0. The van der Waals surface area contributed by atoms with Gasteiger partial charge in [0, 0.05) is 7.05 Å². The molecule has 0 aliphatic rings. The minimum Gasteiger partial charge on any atom is -0.345 e. The molecule has 106 valence electrons. The van der Waals surface area contributed by atoms with Crippen LogP contribution in [0.4, 0.5) is 0 Å². The highest BCUT2D eigenvalue weighted by Gasteiger charge is 2.17. The molecule has 1 unspecified atom stereocenters. The van der Waals surface area contributed by atoms with Gasteiger partial charge in [0.05, 0.1) is 17.5 Å². The van der Waals surface area contributed by atoms with E-state index in [0.717, 1.165) is 0 Å². The molecular formula is C12H15N5O2S. The molecule has 0 aliphatic heterocycles. The molecule has 2 aromatic heterocycles. The zero-order valence-corrected chi connectivity index (χ0v) is 12.0. The summed E-state index contributed by atoms with van der Waals surface area (Å²) in [5.74, 6) is 0.161. The molecule has 0 aliphatic carbocycles. The van der Waals surface area contributed by atoms with Gasteiger partial charge in [-0.2, -0.15) is 5.10 Å². The van der Waals surface area contributed by atoms with Crippen LogP contribution < -0.4 is 5.32 Å². The van der Waals surface area contributed by atoms with Crippen LogP contribution in [0, 0.1) is 0 Å². The zero-order chi connectivity index (χ0) is 14.5. The van der Waals surface area contributed by atoms with Gasteiger partial charge in [0.15, 0.2) is 0 Å². The van der Waals surface area contributed by atoms with Gasteiger partial charge in [0.1, 0.15) is 12.2 Å². The number of carbonyl (C=O) groups excluding carboxylic acids is 2. The standard InChI is InChI=1S/C12H15N5O2S/c1-8(11-13-7-14-16-11)15-10(18)6-17(2)12(19)9-4-3-5-20-9/h3-5,7-8H,6H2,1-2H3,(H,15,18)(H,13,14,16). The third kappa shape index (κ3) is 3.41. The highest BCUT2D eigenvalue weighted by atomic mass is 32.1. The van der Waals surface area contributed by atoms with Crippen molar-refractivity contribution >= 4 is 23.2 Å². The zero-order valence-electron chi connectivity index (χ0n) is 11.2. The molecule has 2 amide bonds. The van der Waals surface area contributed by atoms with Crippen molar-refractivity contribution in [3.63, 3.8) is 0 Å². The normalized spacial score (nSPS) is 11.9. The lowest BCUT2D eigenvalue weighted by Crippen LogP contribution is -2.39. The van der Waals surface area contributed by atoms with Crippen LogP contribution in [-0.4, -0.2) is 45.5 Å². The Bertz CT molecular complexity index is 567. The lowest BCUT2D eigenvalue weighted by atomic mass is 10.3. The number of amides is 2. The molecule has 0 aromatic carbocycles. The molecule has 0 saturated heterocycles. The van der Waals surface area contributed by atoms with E-state index in [2.05, 4.69) is 20.5 Å². The fourth-order valence-corrected chi connectivity index (χ4v) is 2.37. The summed E-state index contributed by atoms with van der Waals surface area (Å²) in [7, 11) is 1.60. The molecule has 0 spiro atoms. The molecule has 0 radical (unpaired) electrons. The predicted molar refractivity (Wildman–Crippen MR) is 74.2 cm³/mol. The lowest BCUT2D eigenvalue weighted by molar-refractivity contribution is -0.122. The van der Waals surface area contributed by atoms with E-state index in [1.165, 1.54) is 22.6 Å². The maximum atomic E-state index is 12.0. The van der Waals surface area contributed by atoms with Crippen molar-refractivity contribution in [3.05, 3.63) is 34.5 Å². The molecule has 2 rings (SSSR count). The van der Waals surface area contributed by atoms with Crippen molar-refractivity contribution in [1.82, 2.24) is 25.4 Å². The minimum absolute atomic E-state index is 0.00475. The summed E-state index contributed by atoms with van der Waals surface area (Å²) in [6, 6.07) is 3.26. The summed E-state index contributed by atoms with van der Waals surface area (Å²) < 4.78 is 0. The second kappa shape index (κ2) is 6.29. The summed E-state index contributed by atoms with van der Waals surface area (Å²) in [6.45, 7) is 1.79.